The highest BCUT2D eigenvalue weighted by atomic mass is 35.5. The van der Waals surface area contributed by atoms with Crippen LogP contribution in [0.3, 0.4) is 0 Å². The van der Waals surface area contributed by atoms with Crippen LogP contribution in [0.25, 0.3) is 0 Å². The summed E-state index contributed by atoms with van der Waals surface area (Å²) in [5.74, 6) is 0.243. The molecule has 0 atom stereocenters. The Hall–Kier alpha value is -2.71. The van der Waals surface area contributed by atoms with E-state index in [0.717, 1.165) is 23.2 Å². The number of anilines is 1. The van der Waals surface area contributed by atoms with E-state index in [9.17, 15) is 4.79 Å². The van der Waals surface area contributed by atoms with E-state index in [-0.39, 0.29) is 23.3 Å². The number of carbonyl (C=O) groups excluding carboxylic acids is 1. The van der Waals surface area contributed by atoms with Crippen molar-refractivity contribution in [2.75, 3.05) is 19.0 Å². The molecule has 5 nitrogen and oxygen atoms in total. The largest absolute Gasteiger partial charge is 0.493 e. The minimum Gasteiger partial charge on any atom is -0.493 e. The van der Waals surface area contributed by atoms with Crippen molar-refractivity contribution in [3.05, 3.63) is 52.0 Å². The van der Waals surface area contributed by atoms with E-state index >= 15 is 0 Å². The molecule has 0 saturated carbocycles. The molecule has 2 aromatic carbocycles. The van der Waals surface area contributed by atoms with Gasteiger partial charge in [0.2, 0.25) is 0 Å². The van der Waals surface area contributed by atoms with Crippen molar-refractivity contribution in [2.45, 2.75) is 20.3 Å². The predicted octanol–water partition coefficient (Wildman–Crippen LogP) is 4.11. The highest BCUT2D eigenvalue weighted by Crippen LogP contribution is 2.36. The quantitative estimate of drug-likeness (QED) is 0.843. The monoisotopic (exact) mass is 358 g/mol. The van der Waals surface area contributed by atoms with E-state index < -0.39 is 0 Å². The Morgan fingerprint density at radius 2 is 2.12 bits per heavy atom. The van der Waals surface area contributed by atoms with Gasteiger partial charge in [0.1, 0.15) is 0 Å². The number of rotatable bonds is 6. The third kappa shape index (κ3) is 4.43. The van der Waals surface area contributed by atoms with Crippen LogP contribution in [-0.4, -0.2) is 19.6 Å². The topological polar surface area (TPSA) is 71.3 Å². The van der Waals surface area contributed by atoms with Gasteiger partial charge in [-0.05, 0) is 30.5 Å². The zero-order chi connectivity index (χ0) is 18.4. The molecular weight excluding hydrogens is 340 g/mol. The van der Waals surface area contributed by atoms with Crippen LogP contribution in [0.5, 0.6) is 11.5 Å². The number of nitrogens with zero attached hydrogens (tertiary/aromatic N) is 1. The second kappa shape index (κ2) is 8.41. The molecule has 0 aliphatic carbocycles. The van der Waals surface area contributed by atoms with E-state index in [4.69, 9.17) is 26.3 Å². The van der Waals surface area contributed by atoms with E-state index in [2.05, 4.69) is 5.32 Å². The number of para-hydroxylation sites is 1. The molecule has 0 spiro atoms. The number of carbonyl (C=O) groups is 1. The third-order valence-electron chi connectivity index (χ3n) is 3.71. The molecule has 0 saturated heterocycles. The van der Waals surface area contributed by atoms with Gasteiger partial charge in [-0.3, -0.25) is 4.79 Å². The van der Waals surface area contributed by atoms with Gasteiger partial charge in [0.15, 0.2) is 18.1 Å². The number of halogens is 1. The number of hydrogen-bond acceptors (Lipinski definition) is 4. The molecule has 2 aromatic rings. The number of aryl methyl sites for hydroxylation is 2. The van der Waals surface area contributed by atoms with Gasteiger partial charge >= 0.3 is 0 Å². The molecule has 6 heteroatoms. The van der Waals surface area contributed by atoms with E-state index in [0.29, 0.717) is 11.3 Å². The summed E-state index contributed by atoms with van der Waals surface area (Å²) in [7, 11) is 1.45. The van der Waals surface area contributed by atoms with Crippen molar-refractivity contribution in [1.29, 1.82) is 5.26 Å². The number of hydrogen-bond donors (Lipinski definition) is 1. The van der Waals surface area contributed by atoms with Crippen LogP contribution in [-0.2, 0) is 11.2 Å². The SMILES string of the molecule is CCc1cccc(C)c1NC(=O)COc1c(Cl)cc(C#N)cc1OC. The highest BCUT2D eigenvalue weighted by Gasteiger charge is 2.15. The number of nitriles is 1. The van der Waals surface area contributed by atoms with Crippen molar-refractivity contribution in [3.63, 3.8) is 0 Å². The number of amides is 1. The molecule has 2 rings (SSSR count). The van der Waals surface area contributed by atoms with Crippen molar-refractivity contribution >= 4 is 23.2 Å². The van der Waals surface area contributed by atoms with Crippen LogP contribution in [0.4, 0.5) is 5.69 Å². The summed E-state index contributed by atoms with van der Waals surface area (Å²) in [4.78, 5) is 12.3. The third-order valence-corrected chi connectivity index (χ3v) is 3.99. The smallest absolute Gasteiger partial charge is 0.262 e. The molecule has 0 bridgehead atoms. The van der Waals surface area contributed by atoms with E-state index in [1.165, 1.54) is 19.2 Å². The van der Waals surface area contributed by atoms with Gasteiger partial charge in [-0.25, -0.2) is 0 Å². The average molecular weight is 359 g/mol. The lowest BCUT2D eigenvalue weighted by atomic mass is 10.1. The Morgan fingerprint density at radius 3 is 2.76 bits per heavy atom. The molecule has 0 aliphatic heterocycles. The first-order valence-electron chi connectivity index (χ1n) is 7.78. The number of methoxy groups -OCH3 is 1. The van der Waals surface area contributed by atoms with Crippen LogP contribution < -0.4 is 14.8 Å². The Bertz CT molecular complexity index is 828. The lowest BCUT2D eigenvalue weighted by Gasteiger charge is -2.15. The molecule has 1 N–H and O–H groups in total. The standard InChI is InChI=1S/C19H19ClN2O3/c1-4-14-7-5-6-12(2)18(14)22-17(23)11-25-19-15(20)8-13(10-21)9-16(19)24-3/h5-9H,4,11H2,1-3H3,(H,22,23). The maximum atomic E-state index is 12.3. The van der Waals surface area contributed by atoms with Crippen LogP contribution in [0, 0.1) is 18.3 Å². The molecule has 0 aliphatic rings. The lowest BCUT2D eigenvalue weighted by Crippen LogP contribution is -2.21. The van der Waals surface area contributed by atoms with Gasteiger partial charge in [-0.15, -0.1) is 0 Å². The van der Waals surface area contributed by atoms with Crippen molar-refractivity contribution in [2.24, 2.45) is 0 Å². The fourth-order valence-electron chi connectivity index (χ4n) is 2.44. The zero-order valence-electron chi connectivity index (χ0n) is 14.4. The molecule has 25 heavy (non-hydrogen) atoms. The average Bonchev–Trinajstić information content (AvgIpc) is 2.61. The molecule has 0 aromatic heterocycles. The van der Waals surface area contributed by atoms with Gasteiger partial charge in [-0.1, -0.05) is 36.7 Å². The molecular formula is C19H19ClN2O3. The first kappa shape index (κ1) is 18.6. The number of benzene rings is 2. The maximum Gasteiger partial charge on any atom is 0.262 e. The summed E-state index contributed by atoms with van der Waals surface area (Å²) in [6.45, 7) is 3.75. The zero-order valence-corrected chi connectivity index (χ0v) is 15.1. The molecule has 0 radical (unpaired) electrons. The summed E-state index contributed by atoms with van der Waals surface area (Å²) in [5.41, 5.74) is 3.20. The highest BCUT2D eigenvalue weighted by molar-refractivity contribution is 6.32. The summed E-state index contributed by atoms with van der Waals surface area (Å²) in [6, 6.07) is 10.8. The Morgan fingerprint density at radius 1 is 1.36 bits per heavy atom. The summed E-state index contributed by atoms with van der Waals surface area (Å²) in [5, 5.41) is 12.1. The van der Waals surface area contributed by atoms with Crippen LogP contribution >= 0.6 is 11.6 Å². The molecule has 0 unspecified atom stereocenters. The molecule has 130 valence electrons. The Balaban J connectivity index is 2.13. The summed E-state index contributed by atoms with van der Waals surface area (Å²) in [6.07, 6.45) is 0.813. The van der Waals surface area contributed by atoms with E-state index in [1.807, 2.05) is 38.1 Å². The minimum absolute atomic E-state index is 0.217. The first-order chi connectivity index (χ1) is 12.0. The Kier molecular flexibility index (Phi) is 6.26. The molecule has 0 heterocycles. The summed E-state index contributed by atoms with van der Waals surface area (Å²) < 4.78 is 10.7. The second-order valence-corrected chi connectivity index (χ2v) is 5.81. The van der Waals surface area contributed by atoms with Gasteiger partial charge < -0.3 is 14.8 Å². The van der Waals surface area contributed by atoms with Crippen molar-refractivity contribution in [1.82, 2.24) is 0 Å². The van der Waals surface area contributed by atoms with Gasteiger partial charge in [-0.2, -0.15) is 5.26 Å². The minimum atomic E-state index is -0.300. The predicted molar refractivity (Wildman–Crippen MR) is 97.4 cm³/mol. The second-order valence-electron chi connectivity index (χ2n) is 5.40. The fourth-order valence-corrected chi connectivity index (χ4v) is 2.70. The fraction of sp³-hybridized carbons (Fsp3) is 0.263. The number of ether oxygens (including phenoxy) is 2. The van der Waals surface area contributed by atoms with Gasteiger partial charge in [0, 0.05) is 11.8 Å². The van der Waals surface area contributed by atoms with E-state index in [1.54, 1.807) is 0 Å². The molecule has 0 fully saturated rings. The number of nitrogens with one attached hydrogen (secondary N) is 1. The maximum absolute atomic E-state index is 12.3. The van der Waals surface area contributed by atoms with Crippen LogP contribution in [0.2, 0.25) is 5.02 Å². The molecule has 1 amide bonds. The van der Waals surface area contributed by atoms with Crippen LogP contribution in [0.1, 0.15) is 23.6 Å². The van der Waals surface area contributed by atoms with Crippen LogP contribution in [0.15, 0.2) is 30.3 Å². The lowest BCUT2D eigenvalue weighted by molar-refractivity contribution is -0.118. The Labute approximate surface area is 152 Å². The first-order valence-corrected chi connectivity index (χ1v) is 8.16. The van der Waals surface area contributed by atoms with Gasteiger partial charge in [0.05, 0.1) is 23.8 Å². The van der Waals surface area contributed by atoms with Crippen molar-refractivity contribution < 1.29 is 14.3 Å². The normalized spacial score (nSPS) is 10.0. The van der Waals surface area contributed by atoms with Crippen molar-refractivity contribution in [3.8, 4) is 17.6 Å². The summed E-state index contributed by atoms with van der Waals surface area (Å²) >= 11 is 6.12. The van der Waals surface area contributed by atoms with Gasteiger partial charge in [0.25, 0.3) is 5.91 Å².